The summed E-state index contributed by atoms with van der Waals surface area (Å²) in [6.45, 7) is 0.588. The van der Waals surface area contributed by atoms with Crippen LogP contribution in [0.1, 0.15) is 12.3 Å². The van der Waals surface area contributed by atoms with E-state index in [4.69, 9.17) is 33.4 Å². The van der Waals surface area contributed by atoms with Crippen molar-refractivity contribution in [2.45, 2.75) is 12.8 Å². The van der Waals surface area contributed by atoms with Gasteiger partial charge < -0.3 is 10.2 Å². The highest BCUT2D eigenvalue weighted by Crippen LogP contribution is 2.33. The highest BCUT2D eigenvalue weighted by atomic mass is 35.5. The van der Waals surface area contributed by atoms with Crippen LogP contribution in [0.2, 0.25) is 10.0 Å². The Bertz CT molecular complexity index is 493. The number of hydrogen-bond acceptors (Lipinski definition) is 4. The Morgan fingerprint density at radius 3 is 2.53 bits per heavy atom. The molecular formula is C11H11Cl2N3O. The molecule has 0 aliphatic heterocycles. The maximum atomic E-state index is 6.05. The molecule has 17 heavy (non-hydrogen) atoms. The van der Waals surface area contributed by atoms with Gasteiger partial charge in [-0.3, -0.25) is 0 Å². The van der Waals surface area contributed by atoms with Gasteiger partial charge in [0.15, 0.2) is 0 Å². The van der Waals surface area contributed by atoms with Gasteiger partial charge in [0.25, 0.3) is 5.89 Å². The first-order chi connectivity index (χ1) is 8.22. The minimum absolute atomic E-state index is 0.340. The first-order valence-electron chi connectivity index (χ1n) is 5.19. The lowest BCUT2D eigenvalue weighted by molar-refractivity contribution is 0.499. The first-order valence-corrected chi connectivity index (χ1v) is 5.95. The zero-order valence-electron chi connectivity index (χ0n) is 8.99. The number of nitrogens with zero attached hydrogens (tertiary/aromatic N) is 2. The molecule has 0 saturated carbocycles. The van der Waals surface area contributed by atoms with Crippen molar-refractivity contribution >= 4 is 23.2 Å². The highest BCUT2D eigenvalue weighted by molar-refractivity contribution is 6.38. The molecule has 0 atom stereocenters. The molecule has 0 bridgehead atoms. The first kappa shape index (κ1) is 12.4. The predicted molar refractivity (Wildman–Crippen MR) is 67.1 cm³/mol. The van der Waals surface area contributed by atoms with Crippen LogP contribution in [0.4, 0.5) is 0 Å². The monoisotopic (exact) mass is 271 g/mol. The molecule has 1 aromatic carbocycles. The lowest BCUT2D eigenvalue weighted by Crippen LogP contribution is -2.00. The van der Waals surface area contributed by atoms with Crippen LogP contribution in [0.25, 0.3) is 11.5 Å². The van der Waals surface area contributed by atoms with E-state index < -0.39 is 0 Å². The molecule has 0 radical (unpaired) electrons. The number of nitrogens with two attached hydrogens (primary N) is 1. The third-order valence-electron chi connectivity index (χ3n) is 2.24. The minimum atomic E-state index is 0.340. The zero-order chi connectivity index (χ0) is 12.3. The maximum absolute atomic E-state index is 6.05. The van der Waals surface area contributed by atoms with E-state index in [-0.39, 0.29) is 0 Å². The van der Waals surface area contributed by atoms with Crippen LogP contribution in [0, 0.1) is 0 Å². The Balaban J connectivity index is 2.30. The van der Waals surface area contributed by atoms with E-state index in [0.717, 1.165) is 6.42 Å². The van der Waals surface area contributed by atoms with Crippen molar-refractivity contribution in [2.75, 3.05) is 6.54 Å². The molecule has 90 valence electrons. The quantitative estimate of drug-likeness (QED) is 0.929. The zero-order valence-corrected chi connectivity index (χ0v) is 10.5. The average Bonchev–Trinajstić information content (AvgIpc) is 2.75. The minimum Gasteiger partial charge on any atom is -0.421 e. The fourth-order valence-corrected chi connectivity index (χ4v) is 1.97. The van der Waals surface area contributed by atoms with Crippen LogP contribution in [-0.4, -0.2) is 16.7 Å². The van der Waals surface area contributed by atoms with Crippen molar-refractivity contribution in [2.24, 2.45) is 5.73 Å². The largest absolute Gasteiger partial charge is 0.421 e. The van der Waals surface area contributed by atoms with E-state index in [2.05, 4.69) is 10.2 Å². The summed E-state index contributed by atoms with van der Waals surface area (Å²) >= 11 is 12.1. The number of benzene rings is 1. The molecule has 2 aromatic rings. The van der Waals surface area contributed by atoms with Crippen LogP contribution < -0.4 is 5.73 Å². The lowest BCUT2D eigenvalue weighted by Gasteiger charge is -2.00. The summed E-state index contributed by atoms with van der Waals surface area (Å²) in [5.41, 5.74) is 5.98. The molecule has 0 amide bonds. The SMILES string of the molecule is NCCCc1nnc(-c2c(Cl)cccc2Cl)o1. The fourth-order valence-electron chi connectivity index (χ4n) is 1.41. The van der Waals surface area contributed by atoms with Crippen molar-refractivity contribution in [3.05, 3.63) is 34.1 Å². The molecule has 0 aliphatic rings. The summed E-state index contributed by atoms with van der Waals surface area (Å²) in [5.74, 6) is 0.883. The van der Waals surface area contributed by atoms with Crippen LogP contribution in [-0.2, 0) is 6.42 Å². The molecule has 0 aliphatic carbocycles. The predicted octanol–water partition coefficient (Wildman–Crippen LogP) is 2.93. The Labute approximate surface area is 109 Å². The Hall–Kier alpha value is -1.10. The van der Waals surface area contributed by atoms with Gasteiger partial charge >= 0.3 is 0 Å². The molecule has 2 rings (SSSR count). The fraction of sp³-hybridized carbons (Fsp3) is 0.273. The van der Waals surface area contributed by atoms with Crippen LogP contribution >= 0.6 is 23.2 Å². The third kappa shape index (κ3) is 2.77. The number of aromatic nitrogens is 2. The lowest BCUT2D eigenvalue weighted by atomic mass is 10.2. The Kier molecular flexibility index (Phi) is 3.99. The average molecular weight is 272 g/mol. The van der Waals surface area contributed by atoms with E-state index in [1.54, 1.807) is 18.2 Å². The van der Waals surface area contributed by atoms with Crippen molar-refractivity contribution in [1.29, 1.82) is 0 Å². The standard InChI is InChI=1S/C11H11Cl2N3O/c12-7-3-1-4-8(13)10(7)11-16-15-9(17-11)5-2-6-14/h1,3-4H,2,5-6,14H2. The van der Waals surface area contributed by atoms with Crippen LogP contribution in [0.15, 0.2) is 22.6 Å². The normalized spacial score (nSPS) is 10.8. The van der Waals surface area contributed by atoms with Crippen molar-refractivity contribution in [3.8, 4) is 11.5 Å². The number of hydrogen-bond donors (Lipinski definition) is 1. The molecule has 0 saturated heterocycles. The molecule has 4 nitrogen and oxygen atoms in total. The van der Waals surface area contributed by atoms with E-state index >= 15 is 0 Å². The van der Waals surface area contributed by atoms with Gasteiger partial charge in [-0.05, 0) is 25.1 Å². The van der Waals surface area contributed by atoms with Gasteiger partial charge in [0.2, 0.25) is 5.89 Å². The third-order valence-corrected chi connectivity index (χ3v) is 2.87. The van der Waals surface area contributed by atoms with E-state index in [9.17, 15) is 0 Å². The second-order valence-electron chi connectivity index (χ2n) is 3.49. The van der Waals surface area contributed by atoms with Gasteiger partial charge in [-0.25, -0.2) is 0 Å². The molecule has 6 heteroatoms. The summed E-state index contributed by atoms with van der Waals surface area (Å²) in [6, 6.07) is 5.22. The van der Waals surface area contributed by atoms with Gasteiger partial charge in [-0.2, -0.15) is 0 Å². The van der Waals surface area contributed by atoms with Crippen molar-refractivity contribution in [3.63, 3.8) is 0 Å². The topological polar surface area (TPSA) is 64.9 Å². The highest BCUT2D eigenvalue weighted by Gasteiger charge is 2.14. The Morgan fingerprint density at radius 2 is 1.88 bits per heavy atom. The summed E-state index contributed by atoms with van der Waals surface area (Å²) in [5, 5.41) is 8.84. The van der Waals surface area contributed by atoms with Crippen molar-refractivity contribution in [1.82, 2.24) is 10.2 Å². The second-order valence-corrected chi connectivity index (χ2v) is 4.30. The van der Waals surface area contributed by atoms with Gasteiger partial charge in [-0.15, -0.1) is 10.2 Å². The van der Waals surface area contributed by atoms with Crippen LogP contribution in [0.5, 0.6) is 0 Å². The molecule has 1 heterocycles. The maximum Gasteiger partial charge on any atom is 0.250 e. The molecule has 2 N–H and O–H groups in total. The van der Waals surface area contributed by atoms with Gasteiger partial charge in [0.1, 0.15) is 0 Å². The van der Waals surface area contributed by atoms with E-state index in [1.165, 1.54) is 0 Å². The molecule has 0 spiro atoms. The van der Waals surface area contributed by atoms with Crippen LogP contribution in [0.3, 0.4) is 0 Å². The van der Waals surface area contributed by atoms with Gasteiger partial charge in [0, 0.05) is 6.42 Å². The summed E-state index contributed by atoms with van der Waals surface area (Å²) in [7, 11) is 0. The number of rotatable bonds is 4. The molecular weight excluding hydrogens is 261 g/mol. The Morgan fingerprint density at radius 1 is 1.18 bits per heavy atom. The number of aryl methyl sites for hydroxylation is 1. The molecule has 0 unspecified atom stereocenters. The second kappa shape index (κ2) is 5.49. The smallest absolute Gasteiger partial charge is 0.250 e. The summed E-state index contributed by atoms with van der Waals surface area (Å²) in [4.78, 5) is 0. The number of halogens is 2. The van der Waals surface area contributed by atoms with Gasteiger partial charge in [0.05, 0.1) is 15.6 Å². The van der Waals surface area contributed by atoms with E-state index in [0.29, 0.717) is 40.4 Å². The molecule has 1 aromatic heterocycles. The van der Waals surface area contributed by atoms with E-state index in [1.807, 2.05) is 0 Å². The van der Waals surface area contributed by atoms with Crippen molar-refractivity contribution < 1.29 is 4.42 Å². The van der Waals surface area contributed by atoms with Gasteiger partial charge in [-0.1, -0.05) is 29.3 Å². The molecule has 0 fully saturated rings. The summed E-state index contributed by atoms with van der Waals surface area (Å²) in [6.07, 6.45) is 1.46. The summed E-state index contributed by atoms with van der Waals surface area (Å²) < 4.78 is 5.49.